The molecular weight excluding hydrogens is 963 g/mol. The smallest absolute Gasteiger partial charge is 0.249 e. The van der Waals surface area contributed by atoms with Crippen LogP contribution in [0.2, 0.25) is 0 Å². The fourth-order valence-corrected chi connectivity index (χ4v) is 5.92. The number of halogens is 2. The van der Waals surface area contributed by atoms with Crippen LogP contribution in [0.3, 0.4) is 0 Å². The van der Waals surface area contributed by atoms with E-state index in [9.17, 15) is 8.78 Å². The molecule has 11 heterocycles. The topological polar surface area (TPSA) is 377 Å². The number of aryl methyl sites for hydroxylation is 3. The molecule has 3 radical (unpaired) electrons. The lowest BCUT2D eigenvalue weighted by molar-refractivity contribution is 0.620. The molecule has 30 nitrogen and oxygen atoms in total. The van der Waals surface area contributed by atoms with E-state index in [1.165, 1.54) is 48.1 Å². The zero-order valence-corrected chi connectivity index (χ0v) is 39.3. The Bertz CT molecular complexity index is 3430. The van der Waals surface area contributed by atoms with Crippen molar-refractivity contribution in [3.05, 3.63) is 153 Å². The minimum atomic E-state index is -0.425. The van der Waals surface area contributed by atoms with Crippen LogP contribution in [0.5, 0.6) is 0 Å². The highest BCUT2D eigenvalue weighted by Gasteiger charge is 2.11. The zero-order valence-electron chi connectivity index (χ0n) is 39.3. The van der Waals surface area contributed by atoms with Crippen molar-refractivity contribution in [3.8, 4) is 17.2 Å². The van der Waals surface area contributed by atoms with E-state index in [1.54, 1.807) is 60.6 Å². The molecule has 12 rings (SSSR count). The van der Waals surface area contributed by atoms with E-state index in [2.05, 4.69) is 115 Å². The van der Waals surface area contributed by atoms with Gasteiger partial charge in [0.15, 0.2) is 0 Å². The fourth-order valence-electron chi connectivity index (χ4n) is 5.92. The van der Waals surface area contributed by atoms with Gasteiger partial charge in [0.05, 0.1) is 59.8 Å². The van der Waals surface area contributed by atoms with Gasteiger partial charge in [0, 0.05) is 71.3 Å². The number of aromatic nitrogens is 19. The number of guanidine groups is 2. The Balaban J connectivity index is 0.000000131. The summed E-state index contributed by atoms with van der Waals surface area (Å²) in [5.74, 6) is 2.80. The predicted molar refractivity (Wildman–Crippen MR) is 267 cm³/mol. The van der Waals surface area contributed by atoms with Crippen molar-refractivity contribution in [1.82, 2.24) is 104 Å². The molecule has 1 aromatic carbocycles. The van der Waals surface area contributed by atoms with Gasteiger partial charge < -0.3 is 27.8 Å². The second-order valence-electron chi connectivity index (χ2n) is 14.4. The molecule has 0 saturated carbocycles. The summed E-state index contributed by atoms with van der Waals surface area (Å²) in [5.41, 5.74) is 21.1. The summed E-state index contributed by atoms with van der Waals surface area (Å²) >= 11 is 0. The molecule has 0 spiro atoms. The predicted octanol–water partition coefficient (Wildman–Crippen LogP) is 1.54. The summed E-state index contributed by atoms with van der Waals surface area (Å²) in [4.78, 5) is 11.2. The summed E-state index contributed by atoms with van der Waals surface area (Å²) in [7, 11) is 5.52. The molecule has 0 saturated heterocycles. The Morgan fingerprint density at radius 3 is 1.84 bits per heavy atom. The summed E-state index contributed by atoms with van der Waals surface area (Å²) in [6, 6.07) is 15.9. The molecule has 0 unspecified atom stereocenters. The Kier molecular flexibility index (Phi) is 17.4. The number of nitrogens with two attached hydrogens (primary N) is 3. The van der Waals surface area contributed by atoms with Crippen molar-refractivity contribution in [2.24, 2.45) is 47.3 Å². The van der Waals surface area contributed by atoms with Crippen LogP contribution in [-0.2, 0) is 27.7 Å². The minimum Gasteiger partial charge on any atom is -0.368 e. The average Bonchev–Trinajstić information content (AvgIpc) is 4.27. The van der Waals surface area contributed by atoms with Crippen LogP contribution in [0, 0.1) is 18.6 Å². The minimum absolute atomic E-state index is 0.201. The number of nitrogens with one attached hydrogen (secondary N) is 2. The molecule has 10 aromatic rings. The number of hydrogen-bond donors (Lipinski definition) is 5. The van der Waals surface area contributed by atoms with Crippen molar-refractivity contribution >= 4 is 59.0 Å². The van der Waals surface area contributed by atoms with Gasteiger partial charge >= 0.3 is 0 Å². The number of rotatable bonds is 6. The quantitative estimate of drug-likeness (QED) is 0.158. The first-order valence-corrected chi connectivity index (χ1v) is 21.2. The number of pyridine rings is 3. The number of anilines is 4. The highest BCUT2D eigenvalue weighted by molar-refractivity contribution is 6.02. The summed E-state index contributed by atoms with van der Waals surface area (Å²) in [6.45, 7) is 4.38. The molecule has 2 aliphatic rings. The molecule has 0 fully saturated rings. The molecule has 9 aromatic heterocycles. The van der Waals surface area contributed by atoms with Gasteiger partial charge in [-0.15, -0.1) is 56.1 Å². The first-order chi connectivity index (χ1) is 36.0. The SMILES string of the molecule is Cn1nccc1-n1cnnc1N.Cn1nccc1NC1=NN=C[N]1.Fc1cncc(NC2=NN=C[N]2)c1.NCc1cccnc1.Nc1nncn1-c1cncc(F)c1.[CH2]c1nncn1-c1cccc2c1nnn2C. The number of nitrogens with zero attached hydrogens (tertiary/aromatic N) is 25. The van der Waals surface area contributed by atoms with Crippen LogP contribution in [0.4, 0.5) is 32.2 Å². The van der Waals surface area contributed by atoms with Gasteiger partial charge in [-0.2, -0.15) is 20.8 Å². The first kappa shape index (κ1) is 51.1. The monoisotopic (exact) mass is 1010 g/mol. The van der Waals surface area contributed by atoms with E-state index >= 15 is 0 Å². The fraction of sp³-hybridized carbons (Fsp3) is 0.0952. The number of fused-ring (bicyclic) bond motifs is 1. The lowest BCUT2D eigenvalue weighted by atomic mass is 10.2. The maximum Gasteiger partial charge on any atom is 0.249 e. The number of nitrogen functional groups attached to an aromatic ring is 2. The van der Waals surface area contributed by atoms with E-state index in [1.807, 2.05) is 63.6 Å². The van der Waals surface area contributed by atoms with Gasteiger partial charge in [0.1, 0.15) is 66.3 Å². The van der Waals surface area contributed by atoms with E-state index in [-0.39, 0.29) is 5.95 Å². The lowest BCUT2D eigenvalue weighted by Crippen LogP contribution is -2.21. The van der Waals surface area contributed by atoms with E-state index < -0.39 is 11.6 Å². The highest BCUT2D eigenvalue weighted by Crippen LogP contribution is 2.20. The average molecular weight is 1010 g/mol. The molecule has 0 bridgehead atoms. The molecule has 74 heavy (non-hydrogen) atoms. The molecule has 375 valence electrons. The van der Waals surface area contributed by atoms with Gasteiger partial charge in [0.2, 0.25) is 23.8 Å². The van der Waals surface area contributed by atoms with Crippen LogP contribution in [0.1, 0.15) is 11.4 Å². The normalized spacial score (nSPS) is 11.6. The Labute approximate surface area is 417 Å². The van der Waals surface area contributed by atoms with Crippen molar-refractivity contribution in [2.45, 2.75) is 6.54 Å². The van der Waals surface area contributed by atoms with Gasteiger partial charge in [-0.25, -0.2) is 13.5 Å². The number of benzene rings is 1. The van der Waals surface area contributed by atoms with Gasteiger partial charge in [-0.1, -0.05) is 17.3 Å². The summed E-state index contributed by atoms with van der Waals surface area (Å²) in [5, 5.41) is 65.9. The van der Waals surface area contributed by atoms with Crippen LogP contribution in [0.25, 0.3) is 28.2 Å². The Morgan fingerprint density at radius 2 is 1.28 bits per heavy atom. The van der Waals surface area contributed by atoms with Crippen molar-refractivity contribution in [1.29, 1.82) is 0 Å². The van der Waals surface area contributed by atoms with Crippen LogP contribution in [0.15, 0.2) is 144 Å². The zero-order chi connectivity index (χ0) is 52.2. The summed E-state index contributed by atoms with van der Waals surface area (Å²) in [6.07, 6.45) is 19.3. The molecule has 8 N–H and O–H groups in total. The van der Waals surface area contributed by atoms with E-state index in [0.717, 1.165) is 46.3 Å². The molecular formula is C42H43F2N30. The molecule has 0 atom stereocenters. The van der Waals surface area contributed by atoms with Crippen molar-refractivity contribution < 1.29 is 8.78 Å². The molecule has 2 aliphatic heterocycles. The highest BCUT2D eigenvalue weighted by atomic mass is 19.1. The number of hydrogen-bond acceptors (Lipinski definition) is 22. The van der Waals surface area contributed by atoms with Gasteiger partial charge in [-0.3, -0.25) is 38.0 Å². The largest absolute Gasteiger partial charge is 0.368 e. The van der Waals surface area contributed by atoms with Crippen molar-refractivity contribution in [2.75, 3.05) is 22.1 Å². The molecule has 0 amide bonds. The third-order valence-electron chi connectivity index (χ3n) is 9.41. The maximum absolute atomic E-state index is 12.7. The van der Waals surface area contributed by atoms with Crippen LogP contribution in [-0.4, -0.2) is 118 Å². The van der Waals surface area contributed by atoms with E-state index in [0.29, 0.717) is 41.6 Å². The van der Waals surface area contributed by atoms with Gasteiger partial charge in [0.25, 0.3) is 0 Å². The Hall–Kier alpha value is -10.8. The van der Waals surface area contributed by atoms with Crippen LogP contribution >= 0.6 is 0 Å². The van der Waals surface area contributed by atoms with Crippen LogP contribution < -0.4 is 38.5 Å². The standard InChI is InChI=1S/C10H9N6.C7H6FN5.C7H5FN5.C6H8N6.C6H7N6.C6H8N2/c1-7-12-11-6-16(7)9-5-3-4-8-10(9)13-14-15(8)2;8-5-1-6(3-10-2-5)13-4-11-12-7(13)9;8-5-1-6(3-9-2-5)12-7-10-4-11-13-7;1-11-5(2-3-9-11)12-4-8-10-6(12)7;1-12-5(2-3-9-12)10-6-7-4-8-11-6;7-4-6-2-1-3-8-5-6/h3-6H,1H2,2H3;1-4H,(H2,9,12);1-4H,(H,12,13);2-4H,1H3,(H2,7,10);2-4H,1H3,(H,10,11);1-3,5H,4,7H2. The molecule has 0 aliphatic carbocycles. The Morgan fingerprint density at radius 1 is 0.622 bits per heavy atom. The first-order valence-electron chi connectivity index (χ1n) is 21.2. The second kappa shape index (κ2) is 25.2. The third-order valence-corrected chi connectivity index (χ3v) is 9.41. The molecule has 32 heteroatoms. The third kappa shape index (κ3) is 13.9. The van der Waals surface area contributed by atoms with Crippen molar-refractivity contribution in [3.63, 3.8) is 0 Å². The lowest BCUT2D eigenvalue weighted by Gasteiger charge is -2.03. The summed E-state index contributed by atoms with van der Waals surface area (Å²) < 4.78 is 35.4. The second-order valence-corrected chi connectivity index (χ2v) is 14.4. The van der Waals surface area contributed by atoms with E-state index in [4.69, 9.17) is 17.2 Å². The van der Waals surface area contributed by atoms with Gasteiger partial charge in [-0.05, 0) is 23.8 Å². The maximum atomic E-state index is 12.7.